The third-order valence-electron chi connectivity index (χ3n) is 5.72. The van der Waals surface area contributed by atoms with Crippen molar-refractivity contribution < 1.29 is 14.3 Å². The standard InChI is InChI=1S/C27H25BrClNO3/c1-3-32-27(31)24-13-19(15-30-17(24)2)22-5-4-6-23(22)25-14-21(29)11-12-26(25)33-16-18-7-9-20(28)10-8-18/h7-15H,3-6,16H2,1-2H3. The molecule has 0 amide bonds. The molecule has 0 saturated carbocycles. The van der Waals surface area contributed by atoms with Crippen LogP contribution in [0.4, 0.5) is 0 Å². The van der Waals surface area contributed by atoms with Crippen molar-refractivity contribution in [2.24, 2.45) is 0 Å². The number of ether oxygens (including phenoxy) is 2. The average molecular weight is 527 g/mol. The van der Waals surface area contributed by atoms with Crippen molar-refractivity contribution in [2.75, 3.05) is 6.61 Å². The van der Waals surface area contributed by atoms with Gasteiger partial charge in [0.2, 0.25) is 0 Å². The molecular weight excluding hydrogens is 502 g/mol. The molecule has 0 unspecified atom stereocenters. The van der Waals surface area contributed by atoms with Crippen LogP contribution in [-0.4, -0.2) is 17.6 Å². The molecule has 6 heteroatoms. The number of aromatic nitrogens is 1. The minimum absolute atomic E-state index is 0.331. The van der Waals surface area contributed by atoms with E-state index < -0.39 is 0 Å². The summed E-state index contributed by atoms with van der Waals surface area (Å²) in [5.74, 6) is 0.452. The van der Waals surface area contributed by atoms with Crippen LogP contribution in [0.2, 0.25) is 5.02 Å². The lowest BCUT2D eigenvalue weighted by atomic mass is 9.96. The molecule has 1 aliphatic rings. The SMILES string of the molecule is CCOC(=O)c1cc(C2=C(c3cc(Cl)ccc3OCc3ccc(Br)cc3)CCC2)cnc1C. The number of hydrogen-bond acceptors (Lipinski definition) is 4. The molecule has 3 aromatic rings. The largest absolute Gasteiger partial charge is 0.488 e. The van der Waals surface area contributed by atoms with E-state index in [2.05, 4.69) is 20.9 Å². The summed E-state index contributed by atoms with van der Waals surface area (Å²) >= 11 is 9.85. The molecule has 170 valence electrons. The van der Waals surface area contributed by atoms with Crippen LogP contribution in [0, 0.1) is 6.92 Å². The van der Waals surface area contributed by atoms with Crippen molar-refractivity contribution in [3.05, 3.63) is 92.2 Å². The molecule has 0 saturated heterocycles. The average Bonchev–Trinajstić information content (AvgIpc) is 3.29. The monoisotopic (exact) mass is 525 g/mol. The maximum absolute atomic E-state index is 12.4. The lowest BCUT2D eigenvalue weighted by Gasteiger charge is -2.16. The van der Waals surface area contributed by atoms with E-state index in [0.717, 1.165) is 46.2 Å². The van der Waals surface area contributed by atoms with Gasteiger partial charge in [0, 0.05) is 21.3 Å². The first-order chi connectivity index (χ1) is 16.0. The Morgan fingerprint density at radius 1 is 1.09 bits per heavy atom. The molecule has 4 nitrogen and oxygen atoms in total. The van der Waals surface area contributed by atoms with Crippen molar-refractivity contribution in [1.29, 1.82) is 0 Å². The normalized spacial score (nSPS) is 13.3. The number of rotatable bonds is 7. The molecule has 4 rings (SSSR count). The minimum atomic E-state index is -0.342. The summed E-state index contributed by atoms with van der Waals surface area (Å²) in [7, 11) is 0. The molecule has 0 aliphatic heterocycles. The first-order valence-electron chi connectivity index (χ1n) is 11.0. The maximum Gasteiger partial charge on any atom is 0.339 e. The van der Waals surface area contributed by atoms with Crippen LogP contribution in [0.3, 0.4) is 0 Å². The van der Waals surface area contributed by atoms with Crippen LogP contribution in [0.15, 0.2) is 59.2 Å². The van der Waals surface area contributed by atoms with E-state index in [1.807, 2.05) is 61.7 Å². The first kappa shape index (κ1) is 23.5. The second-order valence-electron chi connectivity index (χ2n) is 7.94. The quantitative estimate of drug-likeness (QED) is 0.297. The third kappa shape index (κ3) is 5.48. The van der Waals surface area contributed by atoms with E-state index in [9.17, 15) is 4.79 Å². The Labute approximate surface area is 207 Å². The highest BCUT2D eigenvalue weighted by molar-refractivity contribution is 9.10. The van der Waals surface area contributed by atoms with Gasteiger partial charge in [0.25, 0.3) is 0 Å². The smallest absolute Gasteiger partial charge is 0.339 e. The van der Waals surface area contributed by atoms with Gasteiger partial charge in [-0.1, -0.05) is 39.7 Å². The summed E-state index contributed by atoms with van der Waals surface area (Å²) in [6.07, 6.45) is 4.67. The molecule has 1 aromatic heterocycles. The van der Waals surface area contributed by atoms with Gasteiger partial charge in [0.05, 0.1) is 17.9 Å². The van der Waals surface area contributed by atoms with Gasteiger partial charge in [-0.05, 0) is 91.8 Å². The minimum Gasteiger partial charge on any atom is -0.488 e. The molecule has 0 N–H and O–H groups in total. The summed E-state index contributed by atoms with van der Waals surface area (Å²) in [4.78, 5) is 16.9. The number of halogens is 2. The van der Waals surface area contributed by atoms with Gasteiger partial charge in [-0.15, -0.1) is 0 Å². The van der Waals surface area contributed by atoms with Crippen LogP contribution in [0.25, 0.3) is 11.1 Å². The highest BCUT2D eigenvalue weighted by Crippen LogP contribution is 2.43. The lowest BCUT2D eigenvalue weighted by molar-refractivity contribution is 0.0525. The molecule has 1 heterocycles. The van der Waals surface area contributed by atoms with Gasteiger partial charge < -0.3 is 9.47 Å². The van der Waals surface area contributed by atoms with Crippen LogP contribution < -0.4 is 4.74 Å². The van der Waals surface area contributed by atoms with E-state index in [0.29, 0.717) is 29.5 Å². The van der Waals surface area contributed by atoms with E-state index >= 15 is 0 Å². The van der Waals surface area contributed by atoms with Gasteiger partial charge >= 0.3 is 5.97 Å². The first-order valence-corrected chi connectivity index (χ1v) is 12.2. The van der Waals surface area contributed by atoms with Crippen molar-refractivity contribution in [1.82, 2.24) is 4.98 Å². The van der Waals surface area contributed by atoms with Crippen LogP contribution in [0.1, 0.15) is 58.9 Å². The lowest BCUT2D eigenvalue weighted by Crippen LogP contribution is -2.08. The number of esters is 1. The summed E-state index contributed by atoms with van der Waals surface area (Å²) in [6, 6.07) is 15.7. The van der Waals surface area contributed by atoms with Crippen molar-refractivity contribution >= 4 is 44.6 Å². The highest BCUT2D eigenvalue weighted by Gasteiger charge is 2.23. The molecule has 0 atom stereocenters. The molecule has 2 aromatic carbocycles. The van der Waals surface area contributed by atoms with E-state index in [1.54, 1.807) is 6.92 Å². The van der Waals surface area contributed by atoms with E-state index in [4.69, 9.17) is 21.1 Å². The van der Waals surface area contributed by atoms with Gasteiger partial charge in [0.1, 0.15) is 12.4 Å². The summed E-state index contributed by atoms with van der Waals surface area (Å²) in [5, 5.41) is 0.661. The second-order valence-corrected chi connectivity index (χ2v) is 9.30. The number of aryl methyl sites for hydroxylation is 1. The van der Waals surface area contributed by atoms with Crippen molar-refractivity contribution in [3.63, 3.8) is 0 Å². The molecule has 0 spiro atoms. The Kier molecular flexibility index (Phi) is 7.51. The number of carbonyl (C=O) groups is 1. The molecule has 0 fully saturated rings. The number of benzene rings is 2. The maximum atomic E-state index is 12.4. The van der Waals surface area contributed by atoms with Crippen LogP contribution in [0.5, 0.6) is 5.75 Å². The fraction of sp³-hybridized carbons (Fsp3) is 0.259. The second kappa shape index (κ2) is 10.5. The summed E-state index contributed by atoms with van der Waals surface area (Å²) < 4.78 is 12.5. The summed E-state index contributed by atoms with van der Waals surface area (Å²) in [5.41, 5.74) is 6.54. The fourth-order valence-corrected chi connectivity index (χ4v) is 4.52. The Morgan fingerprint density at radius 2 is 1.85 bits per heavy atom. The zero-order valence-electron chi connectivity index (χ0n) is 18.7. The van der Waals surface area contributed by atoms with Crippen LogP contribution >= 0.6 is 27.5 Å². The Bertz CT molecular complexity index is 1200. The number of allylic oxidation sites excluding steroid dienone is 2. The molecule has 33 heavy (non-hydrogen) atoms. The number of carbonyl (C=O) groups excluding carboxylic acids is 1. The highest BCUT2D eigenvalue weighted by atomic mass is 79.9. The van der Waals surface area contributed by atoms with E-state index in [1.165, 1.54) is 11.1 Å². The molecular formula is C27H25BrClNO3. The Hall–Kier alpha value is -2.63. The Morgan fingerprint density at radius 3 is 2.61 bits per heavy atom. The third-order valence-corrected chi connectivity index (χ3v) is 6.49. The molecule has 0 bridgehead atoms. The predicted molar refractivity (Wildman–Crippen MR) is 136 cm³/mol. The number of hydrogen-bond donors (Lipinski definition) is 0. The van der Waals surface area contributed by atoms with E-state index in [-0.39, 0.29) is 5.97 Å². The van der Waals surface area contributed by atoms with Gasteiger partial charge in [-0.25, -0.2) is 4.79 Å². The zero-order chi connectivity index (χ0) is 23.4. The summed E-state index contributed by atoms with van der Waals surface area (Å²) in [6.45, 7) is 4.42. The number of nitrogens with zero attached hydrogens (tertiary/aromatic N) is 1. The van der Waals surface area contributed by atoms with Crippen LogP contribution in [-0.2, 0) is 11.3 Å². The van der Waals surface area contributed by atoms with Crippen molar-refractivity contribution in [2.45, 2.75) is 39.7 Å². The topological polar surface area (TPSA) is 48.4 Å². The van der Waals surface area contributed by atoms with Gasteiger partial charge in [0.15, 0.2) is 0 Å². The van der Waals surface area contributed by atoms with Crippen molar-refractivity contribution in [3.8, 4) is 5.75 Å². The zero-order valence-corrected chi connectivity index (χ0v) is 21.0. The molecule has 1 aliphatic carbocycles. The number of pyridine rings is 1. The van der Waals surface area contributed by atoms with Gasteiger partial charge in [-0.3, -0.25) is 4.98 Å². The fourth-order valence-electron chi connectivity index (χ4n) is 4.08. The molecule has 0 radical (unpaired) electrons. The van der Waals surface area contributed by atoms with Gasteiger partial charge in [-0.2, -0.15) is 0 Å². The Balaban J connectivity index is 1.70. The predicted octanol–water partition coefficient (Wildman–Crippen LogP) is 7.66.